The summed E-state index contributed by atoms with van der Waals surface area (Å²) in [6.07, 6.45) is 8.82. The van der Waals surface area contributed by atoms with E-state index < -0.39 is 0 Å². The fourth-order valence-corrected chi connectivity index (χ4v) is 4.43. The normalized spacial score (nSPS) is 23.3. The van der Waals surface area contributed by atoms with Gasteiger partial charge in [0.25, 0.3) is 11.8 Å². The number of rotatable bonds is 4. The van der Waals surface area contributed by atoms with E-state index in [2.05, 4.69) is 18.7 Å². The van der Waals surface area contributed by atoms with Gasteiger partial charge in [-0.05, 0) is 70.5 Å². The lowest BCUT2D eigenvalue weighted by Crippen LogP contribution is -2.59. The smallest absolute Gasteiger partial charge is 0.275 e. The molecule has 1 atom stereocenters. The summed E-state index contributed by atoms with van der Waals surface area (Å²) >= 11 is 0. The van der Waals surface area contributed by atoms with Crippen LogP contribution >= 0.6 is 0 Å². The largest absolute Gasteiger partial charge is 0.472 e. The fraction of sp³-hybridized carbons (Fsp3) is 0.714. The van der Waals surface area contributed by atoms with Crippen molar-refractivity contribution in [2.45, 2.75) is 71.4 Å². The lowest BCUT2D eigenvalue weighted by molar-refractivity contribution is -0.153. The minimum absolute atomic E-state index is 0.0409. The molecule has 0 radical (unpaired) electrons. The Hall–Kier alpha value is -1.82. The predicted molar refractivity (Wildman–Crippen MR) is 104 cm³/mol. The molecule has 2 aliphatic rings. The van der Waals surface area contributed by atoms with E-state index in [4.69, 9.17) is 4.42 Å². The average molecular weight is 376 g/mol. The Morgan fingerprint density at radius 3 is 2.48 bits per heavy atom. The highest BCUT2D eigenvalue weighted by molar-refractivity contribution is 5.96. The Bertz CT molecular complexity index is 646. The Balaban J connectivity index is 1.87. The second-order valence-electron chi connectivity index (χ2n) is 8.75. The van der Waals surface area contributed by atoms with Gasteiger partial charge in [-0.3, -0.25) is 14.5 Å². The molecule has 0 aromatic carbocycles. The van der Waals surface area contributed by atoms with E-state index in [1.54, 1.807) is 16.1 Å². The highest BCUT2D eigenvalue weighted by atomic mass is 16.3. The molecule has 1 saturated carbocycles. The Morgan fingerprint density at radius 2 is 1.96 bits per heavy atom. The van der Waals surface area contributed by atoms with Gasteiger partial charge in [0.05, 0.1) is 23.9 Å². The van der Waals surface area contributed by atoms with Gasteiger partial charge in [0.2, 0.25) is 0 Å². The van der Waals surface area contributed by atoms with Crippen LogP contribution in [-0.4, -0.2) is 59.0 Å². The highest BCUT2D eigenvalue weighted by Gasteiger charge is 2.40. The summed E-state index contributed by atoms with van der Waals surface area (Å²) in [5.74, 6) is -0.0940. The third kappa shape index (κ3) is 4.21. The van der Waals surface area contributed by atoms with Crippen LogP contribution < -0.4 is 0 Å². The van der Waals surface area contributed by atoms with Crippen LogP contribution in [-0.2, 0) is 4.79 Å². The minimum atomic E-state index is -0.135. The van der Waals surface area contributed by atoms with Crippen molar-refractivity contribution >= 4 is 11.8 Å². The van der Waals surface area contributed by atoms with Crippen molar-refractivity contribution in [1.29, 1.82) is 0 Å². The molecule has 6 heteroatoms. The van der Waals surface area contributed by atoms with E-state index in [0.29, 0.717) is 17.5 Å². The number of amides is 2. The van der Waals surface area contributed by atoms with Gasteiger partial charge in [-0.1, -0.05) is 13.8 Å². The molecule has 0 bridgehead atoms. The number of likely N-dealkylation sites (tertiary alicyclic amines) is 1. The van der Waals surface area contributed by atoms with Crippen LogP contribution in [0.25, 0.3) is 0 Å². The topological polar surface area (TPSA) is 57.0 Å². The first kappa shape index (κ1) is 19.9. The standard InChI is InChI=1S/C21H33N3O3/c1-5-23(20(26)18-7-6-13-22(18)4)24(19(25)16-10-14-27-15-16)17-8-11-21(2,3)12-9-17/h10,14-15,17-18H,5-9,11-13H2,1-4H3/t18-/m0/s1. The van der Waals surface area contributed by atoms with Crippen LogP contribution in [0.2, 0.25) is 0 Å². The lowest BCUT2D eigenvalue weighted by Gasteiger charge is -2.45. The van der Waals surface area contributed by atoms with Crippen molar-refractivity contribution < 1.29 is 14.0 Å². The third-order valence-corrected chi connectivity index (χ3v) is 6.25. The first-order chi connectivity index (χ1) is 12.8. The third-order valence-electron chi connectivity index (χ3n) is 6.25. The van der Waals surface area contributed by atoms with Crippen molar-refractivity contribution in [3.8, 4) is 0 Å². The second-order valence-corrected chi connectivity index (χ2v) is 8.75. The Kier molecular flexibility index (Phi) is 5.94. The second kappa shape index (κ2) is 8.05. The quantitative estimate of drug-likeness (QED) is 0.755. The zero-order chi connectivity index (χ0) is 19.6. The zero-order valence-corrected chi connectivity index (χ0v) is 17.1. The molecule has 0 N–H and O–H groups in total. The van der Waals surface area contributed by atoms with Gasteiger partial charge in [-0.15, -0.1) is 0 Å². The van der Waals surface area contributed by atoms with Crippen LogP contribution in [0.5, 0.6) is 0 Å². The molecule has 27 heavy (non-hydrogen) atoms. The first-order valence-corrected chi connectivity index (χ1v) is 10.2. The first-order valence-electron chi connectivity index (χ1n) is 10.2. The van der Waals surface area contributed by atoms with E-state index in [9.17, 15) is 9.59 Å². The SMILES string of the molecule is CCN(C(=O)[C@@H]1CCCN1C)N(C(=O)c1ccoc1)C1CCC(C)(C)CC1. The monoisotopic (exact) mass is 375 g/mol. The number of hydrogen-bond acceptors (Lipinski definition) is 4. The molecule has 3 rings (SSSR count). The van der Waals surface area contributed by atoms with Crippen LogP contribution in [0, 0.1) is 5.41 Å². The zero-order valence-electron chi connectivity index (χ0n) is 17.1. The van der Waals surface area contributed by atoms with Crippen molar-refractivity contribution in [3.05, 3.63) is 24.2 Å². The van der Waals surface area contributed by atoms with Gasteiger partial charge in [0, 0.05) is 6.54 Å². The molecule has 1 aliphatic carbocycles. The van der Waals surface area contributed by atoms with Crippen LogP contribution in [0.3, 0.4) is 0 Å². The van der Waals surface area contributed by atoms with E-state index in [0.717, 1.165) is 45.1 Å². The molecule has 1 aromatic rings. The maximum atomic E-state index is 13.3. The lowest BCUT2D eigenvalue weighted by atomic mass is 9.75. The molecule has 0 spiro atoms. The summed E-state index contributed by atoms with van der Waals surface area (Å²) in [6, 6.07) is 1.60. The van der Waals surface area contributed by atoms with Crippen LogP contribution in [0.15, 0.2) is 23.0 Å². The molecular formula is C21H33N3O3. The van der Waals surface area contributed by atoms with Gasteiger partial charge in [0.15, 0.2) is 0 Å². The maximum Gasteiger partial charge on any atom is 0.275 e. The van der Waals surface area contributed by atoms with Crippen molar-refractivity contribution in [2.75, 3.05) is 20.1 Å². The molecule has 2 heterocycles. The summed E-state index contributed by atoms with van der Waals surface area (Å²) in [6.45, 7) is 7.94. The Labute approximate surface area is 162 Å². The molecule has 0 unspecified atom stereocenters. The van der Waals surface area contributed by atoms with Crippen molar-refractivity contribution in [1.82, 2.24) is 14.9 Å². The molecule has 1 saturated heterocycles. The van der Waals surface area contributed by atoms with Gasteiger partial charge < -0.3 is 4.42 Å². The van der Waals surface area contributed by atoms with Crippen molar-refractivity contribution in [3.63, 3.8) is 0 Å². The number of carbonyl (C=O) groups is 2. The minimum Gasteiger partial charge on any atom is -0.472 e. The number of furan rings is 1. The summed E-state index contributed by atoms with van der Waals surface area (Å²) in [5.41, 5.74) is 0.805. The van der Waals surface area contributed by atoms with Gasteiger partial charge in [-0.2, -0.15) is 0 Å². The number of likely N-dealkylation sites (N-methyl/N-ethyl adjacent to an activating group) is 2. The average Bonchev–Trinajstić information content (AvgIpc) is 3.31. The van der Waals surface area contributed by atoms with Gasteiger partial charge in [-0.25, -0.2) is 10.0 Å². The van der Waals surface area contributed by atoms with Crippen LogP contribution in [0.4, 0.5) is 0 Å². The van der Waals surface area contributed by atoms with E-state index in [-0.39, 0.29) is 23.9 Å². The van der Waals surface area contributed by atoms with Crippen LogP contribution in [0.1, 0.15) is 69.7 Å². The summed E-state index contributed by atoms with van der Waals surface area (Å²) in [7, 11) is 1.99. The predicted octanol–water partition coefficient (Wildman–Crippen LogP) is 3.55. The Morgan fingerprint density at radius 1 is 1.26 bits per heavy atom. The number of nitrogens with zero attached hydrogens (tertiary/aromatic N) is 3. The van der Waals surface area contributed by atoms with Gasteiger partial charge in [0.1, 0.15) is 6.26 Å². The number of carbonyl (C=O) groups excluding carboxylic acids is 2. The molecule has 6 nitrogen and oxygen atoms in total. The molecule has 2 amide bonds. The fourth-order valence-electron chi connectivity index (χ4n) is 4.43. The maximum absolute atomic E-state index is 13.3. The number of hydrogen-bond donors (Lipinski definition) is 0. The van der Waals surface area contributed by atoms with E-state index in [1.807, 2.05) is 14.0 Å². The van der Waals surface area contributed by atoms with Gasteiger partial charge >= 0.3 is 0 Å². The summed E-state index contributed by atoms with van der Waals surface area (Å²) in [5, 5.41) is 3.44. The van der Waals surface area contributed by atoms with Crippen molar-refractivity contribution in [2.24, 2.45) is 5.41 Å². The molecular weight excluding hydrogens is 342 g/mol. The van der Waals surface area contributed by atoms with E-state index >= 15 is 0 Å². The highest BCUT2D eigenvalue weighted by Crippen LogP contribution is 2.38. The molecule has 2 fully saturated rings. The summed E-state index contributed by atoms with van der Waals surface area (Å²) in [4.78, 5) is 28.8. The molecule has 1 aromatic heterocycles. The van der Waals surface area contributed by atoms with E-state index in [1.165, 1.54) is 12.5 Å². The number of hydrazine groups is 1. The summed E-state index contributed by atoms with van der Waals surface area (Å²) < 4.78 is 5.14. The molecule has 1 aliphatic heterocycles. The molecule has 150 valence electrons.